The van der Waals surface area contributed by atoms with Crippen LogP contribution < -0.4 is 10.2 Å². The molecule has 30 heavy (non-hydrogen) atoms. The van der Waals surface area contributed by atoms with Gasteiger partial charge < -0.3 is 15.0 Å². The maximum Gasteiger partial charge on any atom is 0.137 e. The lowest BCUT2D eigenvalue weighted by Gasteiger charge is -2.25. The van der Waals surface area contributed by atoms with Crippen LogP contribution in [0.25, 0.3) is 0 Å². The van der Waals surface area contributed by atoms with Crippen molar-refractivity contribution in [1.29, 1.82) is 0 Å². The molecule has 0 bridgehead atoms. The van der Waals surface area contributed by atoms with Crippen molar-refractivity contribution in [3.63, 3.8) is 0 Å². The number of anilines is 2. The number of hydrogen-bond acceptors (Lipinski definition) is 6. The first-order valence-corrected chi connectivity index (χ1v) is 12.4. The number of aromatic nitrogens is 2. The molecule has 1 unspecified atom stereocenters. The van der Waals surface area contributed by atoms with Gasteiger partial charge in [0, 0.05) is 59.8 Å². The first-order valence-electron chi connectivity index (χ1n) is 11.5. The van der Waals surface area contributed by atoms with Gasteiger partial charge in [0.2, 0.25) is 0 Å². The Labute approximate surface area is 184 Å². The SMILES string of the molecule is CCc1ncc2c(n1)N(C1CC1)CCCC2Nc1ccc(SC2CCOCC2)cc1. The molecular formula is C24H32N4OS. The molecule has 2 aliphatic heterocycles. The van der Waals surface area contributed by atoms with Crippen molar-refractivity contribution >= 4 is 23.3 Å². The number of rotatable bonds is 6. The highest BCUT2D eigenvalue weighted by Gasteiger charge is 2.34. The fraction of sp³-hybridized carbons (Fsp3) is 0.583. The number of fused-ring (bicyclic) bond motifs is 1. The summed E-state index contributed by atoms with van der Waals surface area (Å²) >= 11 is 1.99. The molecule has 1 saturated heterocycles. The summed E-state index contributed by atoms with van der Waals surface area (Å²) in [5.41, 5.74) is 2.44. The summed E-state index contributed by atoms with van der Waals surface area (Å²) in [7, 11) is 0. The molecule has 0 spiro atoms. The second-order valence-electron chi connectivity index (χ2n) is 8.64. The zero-order chi connectivity index (χ0) is 20.3. The Morgan fingerprint density at radius 1 is 1.10 bits per heavy atom. The van der Waals surface area contributed by atoms with Crippen molar-refractivity contribution in [2.24, 2.45) is 0 Å². The molecule has 1 aromatic heterocycles. The number of thioether (sulfide) groups is 1. The van der Waals surface area contributed by atoms with Crippen molar-refractivity contribution < 1.29 is 4.74 Å². The third-order valence-corrected chi connectivity index (χ3v) is 7.70. The van der Waals surface area contributed by atoms with Gasteiger partial charge in [-0.2, -0.15) is 0 Å². The summed E-state index contributed by atoms with van der Waals surface area (Å²) in [5, 5.41) is 4.47. The van der Waals surface area contributed by atoms with Crippen LogP contribution in [0.15, 0.2) is 35.4 Å². The molecule has 3 aliphatic rings. The summed E-state index contributed by atoms with van der Waals surface area (Å²) < 4.78 is 5.48. The van der Waals surface area contributed by atoms with Crippen molar-refractivity contribution in [3.05, 3.63) is 41.9 Å². The van der Waals surface area contributed by atoms with Gasteiger partial charge >= 0.3 is 0 Å². The van der Waals surface area contributed by atoms with E-state index in [0.29, 0.717) is 11.3 Å². The lowest BCUT2D eigenvalue weighted by molar-refractivity contribution is 0.100. The van der Waals surface area contributed by atoms with Gasteiger partial charge in [0.15, 0.2) is 0 Å². The normalized spacial score (nSPS) is 22.4. The molecule has 1 aromatic carbocycles. The quantitative estimate of drug-likeness (QED) is 0.686. The first kappa shape index (κ1) is 20.1. The van der Waals surface area contributed by atoms with Crippen molar-refractivity contribution in [2.75, 3.05) is 30.0 Å². The van der Waals surface area contributed by atoms with Gasteiger partial charge in [-0.1, -0.05) is 6.92 Å². The Morgan fingerprint density at radius 2 is 1.90 bits per heavy atom. The van der Waals surface area contributed by atoms with E-state index in [4.69, 9.17) is 9.72 Å². The van der Waals surface area contributed by atoms with E-state index in [2.05, 4.69) is 52.6 Å². The third-order valence-electron chi connectivity index (χ3n) is 6.36. The van der Waals surface area contributed by atoms with Crippen molar-refractivity contribution in [1.82, 2.24) is 9.97 Å². The van der Waals surface area contributed by atoms with E-state index in [-0.39, 0.29) is 6.04 Å². The monoisotopic (exact) mass is 424 g/mol. The van der Waals surface area contributed by atoms with E-state index in [9.17, 15) is 0 Å². The Morgan fingerprint density at radius 3 is 2.63 bits per heavy atom. The number of aryl methyl sites for hydroxylation is 1. The van der Waals surface area contributed by atoms with Crippen molar-refractivity contribution in [3.8, 4) is 0 Å². The van der Waals surface area contributed by atoms with Crippen LogP contribution >= 0.6 is 11.8 Å². The lowest BCUT2D eigenvalue weighted by Crippen LogP contribution is -2.28. The Balaban J connectivity index is 1.32. The first-order chi connectivity index (χ1) is 14.8. The summed E-state index contributed by atoms with van der Waals surface area (Å²) in [6, 6.07) is 9.92. The smallest absolute Gasteiger partial charge is 0.137 e. The molecule has 1 atom stereocenters. The largest absolute Gasteiger partial charge is 0.381 e. The molecule has 6 heteroatoms. The van der Waals surface area contributed by atoms with Gasteiger partial charge in [-0.15, -0.1) is 11.8 Å². The van der Waals surface area contributed by atoms with Gasteiger partial charge in [-0.05, 0) is 62.8 Å². The predicted octanol–water partition coefficient (Wildman–Crippen LogP) is 5.23. The van der Waals surface area contributed by atoms with Crippen molar-refractivity contribution in [2.45, 2.75) is 74.1 Å². The summed E-state index contributed by atoms with van der Waals surface area (Å²) in [6.45, 7) is 5.04. The molecule has 1 saturated carbocycles. The Hall–Kier alpha value is -1.79. The average Bonchev–Trinajstić information content (AvgIpc) is 3.63. The number of nitrogens with one attached hydrogen (secondary N) is 1. The second-order valence-corrected chi connectivity index (χ2v) is 10.0. The minimum atomic E-state index is 0.267. The Kier molecular flexibility index (Phi) is 6.14. The second kappa shape index (κ2) is 9.15. The minimum Gasteiger partial charge on any atom is -0.381 e. The van der Waals surface area contributed by atoms with Gasteiger partial charge in [-0.25, -0.2) is 9.97 Å². The summed E-state index contributed by atoms with van der Waals surface area (Å²) in [6.07, 6.45) is 10.2. The van der Waals surface area contributed by atoms with E-state index in [1.54, 1.807) is 0 Å². The molecule has 1 N–H and O–H groups in total. The van der Waals surface area contributed by atoms with E-state index in [1.165, 1.54) is 41.2 Å². The minimum absolute atomic E-state index is 0.267. The number of ether oxygens (including phenoxy) is 1. The van der Waals surface area contributed by atoms with Crippen LogP contribution in [0.5, 0.6) is 0 Å². The molecular weight excluding hydrogens is 392 g/mol. The highest BCUT2D eigenvalue weighted by atomic mass is 32.2. The van der Waals surface area contributed by atoms with E-state index >= 15 is 0 Å². The van der Waals surface area contributed by atoms with Crippen LogP contribution in [0.1, 0.15) is 62.9 Å². The van der Waals surface area contributed by atoms with Gasteiger partial charge in [0.05, 0.1) is 6.04 Å². The molecule has 5 rings (SSSR count). The fourth-order valence-electron chi connectivity index (χ4n) is 4.50. The van der Waals surface area contributed by atoms with Gasteiger partial charge in [0.25, 0.3) is 0 Å². The average molecular weight is 425 g/mol. The molecule has 3 heterocycles. The number of nitrogens with zero attached hydrogens (tertiary/aromatic N) is 3. The topological polar surface area (TPSA) is 50.3 Å². The molecule has 160 valence electrons. The standard InChI is InChI=1S/C24H32N4OS/c1-2-23-25-16-21-22(4-3-13-28(18-7-8-18)24(21)27-23)26-17-5-9-19(10-6-17)30-20-11-14-29-15-12-20/h5-6,9-10,16,18,20,22,26H,2-4,7-8,11-15H2,1H3. The van der Waals surface area contributed by atoms with Crippen LogP contribution in [0.3, 0.4) is 0 Å². The van der Waals surface area contributed by atoms with E-state index in [1.807, 2.05) is 11.8 Å². The predicted molar refractivity (Wildman–Crippen MR) is 124 cm³/mol. The highest BCUT2D eigenvalue weighted by Crippen LogP contribution is 2.39. The molecule has 2 fully saturated rings. The molecule has 1 aliphatic carbocycles. The van der Waals surface area contributed by atoms with Crippen LogP contribution in [-0.2, 0) is 11.2 Å². The highest BCUT2D eigenvalue weighted by molar-refractivity contribution is 8.00. The fourth-order valence-corrected chi connectivity index (χ4v) is 5.61. The van der Waals surface area contributed by atoms with E-state index in [0.717, 1.165) is 51.3 Å². The lowest BCUT2D eigenvalue weighted by atomic mass is 10.0. The number of hydrogen-bond donors (Lipinski definition) is 1. The molecule has 0 amide bonds. The zero-order valence-electron chi connectivity index (χ0n) is 17.8. The Bertz CT molecular complexity index is 849. The maximum absolute atomic E-state index is 5.48. The summed E-state index contributed by atoms with van der Waals surface area (Å²) in [5.74, 6) is 2.13. The van der Waals surface area contributed by atoms with E-state index < -0.39 is 0 Å². The maximum atomic E-state index is 5.48. The summed E-state index contributed by atoms with van der Waals surface area (Å²) in [4.78, 5) is 13.5. The number of benzene rings is 1. The third kappa shape index (κ3) is 4.59. The van der Waals surface area contributed by atoms with Gasteiger partial charge in [0.1, 0.15) is 11.6 Å². The molecule has 0 radical (unpaired) electrons. The van der Waals surface area contributed by atoms with Crippen LogP contribution in [0.2, 0.25) is 0 Å². The van der Waals surface area contributed by atoms with Crippen LogP contribution in [-0.4, -0.2) is 41.0 Å². The van der Waals surface area contributed by atoms with Crippen LogP contribution in [0.4, 0.5) is 11.5 Å². The van der Waals surface area contributed by atoms with Crippen LogP contribution in [0, 0.1) is 0 Å². The molecule has 2 aromatic rings. The zero-order valence-corrected chi connectivity index (χ0v) is 18.7. The molecule has 5 nitrogen and oxygen atoms in total. The van der Waals surface area contributed by atoms with Gasteiger partial charge in [-0.3, -0.25) is 0 Å².